The van der Waals surface area contributed by atoms with Crippen LogP contribution in [0.1, 0.15) is 29.1 Å². The molecule has 1 aromatic heterocycles. The van der Waals surface area contributed by atoms with Crippen LogP contribution in [0.3, 0.4) is 0 Å². The lowest BCUT2D eigenvalue weighted by Gasteiger charge is -2.23. The predicted octanol–water partition coefficient (Wildman–Crippen LogP) is 3.36. The summed E-state index contributed by atoms with van der Waals surface area (Å²) < 4.78 is 17.0. The molecule has 4 rings (SSSR count). The van der Waals surface area contributed by atoms with E-state index in [-0.39, 0.29) is 18.6 Å². The Morgan fingerprint density at radius 1 is 1.11 bits per heavy atom. The number of nitrogens with one attached hydrogen (secondary N) is 1. The van der Waals surface area contributed by atoms with E-state index in [1.165, 1.54) is 0 Å². The molecule has 6 nitrogen and oxygen atoms in total. The molecule has 0 atom stereocenters. The zero-order chi connectivity index (χ0) is 18.5. The monoisotopic (exact) mass is 366 g/mol. The van der Waals surface area contributed by atoms with Crippen LogP contribution in [0.5, 0.6) is 5.75 Å². The number of piperidine rings is 1. The minimum Gasteiger partial charge on any atom is -0.488 e. The topological polar surface area (TPSA) is 73.6 Å². The Hall–Kier alpha value is -2.86. The molecule has 0 saturated carbocycles. The first-order valence-corrected chi connectivity index (χ1v) is 9.27. The predicted molar refractivity (Wildman–Crippen MR) is 101 cm³/mol. The number of para-hydroxylation sites is 1. The fraction of sp³-hybridized carbons (Fsp3) is 0.333. The van der Waals surface area contributed by atoms with Crippen LogP contribution in [0.4, 0.5) is 0 Å². The summed E-state index contributed by atoms with van der Waals surface area (Å²) in [6.45, 7) is 2.16. The van der Waals surface area contributed by atoms with E-state index in [9.17, 15) is 4.79 Å². The summed E-state index contributed by atoms with van der Waals surface area (Å²) in [5.74, 6) is 0.0425. The molecule has 3 aromatic rings. The zero-order valence-electron chi connectivity index (χ0n) is 15.0. The highest BCUT2D eigenvalue weighted by atomic mass is 16.5. The second-order valence-corrected chi connectivity index (χ2v) is 6.56. The van der Waals surface area contributed by atoms with Crippen molar-refractivity contribution in [1.82, 2.24) is 10.3 Å². The molecule has 0 unspecified atom stereocenters. The number of benzene rings is 2. The first kappa shape index (κ1) is 17.5. The number of hydrogen-bond donors (Lipinski definition) is 1. The number of oxazole rings is 1. The highest BCUT2D eigenvalue weighted by Gasteiger charge is 2.21. The van der Waals surface area contributed by atoms with Gasteiger partial charge in [-0.05, 0) is 43.6 Å². The van der Waals surface area contributed by atoms with E-state index in [0.717, 1.165) is 31.5 Å². The number of carbonyl (C=O) groups is 1. The number of hydrogen-bond acceptors (Lipinski definition) is 6. The van der Waals surface area contributed by atoms with Crippen molar-refractivity contribution in [1.29, 1.82) is 0 Å². The van der Waals surface area contributed by atoms with Gasteiger partial charge in [-0.2, -0.15) is 4.98 Å². The molecular formula is C21H22N2O4. The van der Waals surface area contributed by atoms with Crippen molar-refractivity contribution in [3.63, 3.8) is 0 Å². The third-order valence-electron chi connectivity index (χ3n) is 4.60. The van der Waals surface area contributed by atoms with E-state index in [4.69, 9.17) is 13.9 Å². The van der Waals surface area contributed by atoms with Gasteiger partial charge in [-0.1, -0.05) is 36.4 Å². The Morgan fingerprint density at radius 3 is 2.74 bits per heavy atom. The smallest absolute Gasteiger partial charge is 0.394 e. The lowest BCUT2D eigenvalue weighted by atomic mass is 10.1. The Balaban J connectivity index is 1.42. The van der Waals surface area contributed by atoms with Gasteiger partial charge < -0.3 is 19.2 Å². The molecule has 140 valence electrons. The molecular weight excluding hydrogens is 344 g/mol. The van der Waals surface area contributed by atoms with Crippen molar-refractivity contribution >= 4 is 17.1 Å². The highest BCUT2D eigenvalue weighted by Crippen LogP contribution is 2.28. The molecule has 0 spiro atoms. The standard InChI is InChI=1S/C21H22N2O4/c24-21(25-14-11-15-5-2-1-3-6-15)20-23-19-17(7-4-8-18(19)27-20)26-16-9-12-22-13-10-16/h1-8,16,22H,9-14H2. The maximum Gasteiger partial charge on any atom is 0.394 e. The molecule has 0 bridgehead atoms. The molecule has 0 aliphatic carbocycles. The van der Waals surface area contributed by atoms with E-state index >= 15 is 0 Å². The fourth-order valence-electron chi connectivity index (χ4n) is 3.17. The number of carbonyl (C=O) groups excluding carboxylic acids is 1. The first-order valence-electron chi connectivity index (χ1n) is 9.27. The van der Waals surface area contributed by atoms with Gasteiger partial charge in [0, 0.05) is 6.42 Å². The SMILES string of the molecule is O=C(OCCc1ccccc1)c1nc2c(OC3CCNCC3)cccc2o1. The Labute approximate surface area is 157 Å². The van der Waals surface area contributed by atoms with Crippen molar-refractivity contribution in [2.24, 2.45) is 0 Å². The van der Waals surface area contributed by atoms with Crippen molar-refractivity contribution in [2.75, 3.05) is 19.7 Å². The van der Waals surface area contributed by atoms with Crippen molar-refractivity contribution in [3.8, 4) is 5.75 Å². The lowest BCUT2D eigenvalue weighted by Crippen LogP contribution is -2.34. The second kappa shape index (κ2) is 8.22. The quantitative estimate of drug-likeness (QED) is 0.675. The van der Waals surface area contributed by atoms with Gasteiger partial charge in [-0.3, -0.25) is 0 Å². The number of aromatic nitrogens is 1. The third-order valence-corrected chi connectivity index (χ3v) is 4.60. The first-order chi connectivity index (χ1) is 13.3. The van der Waals surface area contributed by atoms with Gasteiger partial charge in [0.25, 0.3) is 0 Å². The molecule has 0 amide bonds. The summed E-state index contributed by atoms with van der Waals surface area (Å²) in [5, 5.41) is 3.31. The van der Waals surface area contributed by atoms with E-state index in [1.54, 1.807) is 6.07 Å². The van der Waals surface area contributed by atoms with Crippen LogP contribution in [0.25, 0.3) is 11.1 Å². The third kappa shape index (κ3) is 4.28. The zero-order valence-corrected chi connectivity index (χ0v) is 15.0. The van der Waals surface area contributed by atoms with Crippen molar-refractivity contribution in [3.05, 3.63) is 60.0 Å². The van der Waals surface area contributed by atoms with Crippen LogP contribution in [0.2, 0.25) is 0 Å². The van der Waals surface area contributed by atoms with E-state index in [2.05, 4.69) is 10.3 Å². The van der Waals surface area contributed by atoms with Gasteiger partial charge >= 0.3 is 11.9 Å². The molecule has 1 fully saturated rings. The molecule has 6 heteroatoms. The maximum absolute atomic E-state index is 12.3. The summed E-state index contributed by atoms with van der Waals surface area (Å²) in [6.07, 6.45) is 2.69. The fourth-order valence-corrected chi connectivity index (χ4v) is 3.17. The Morgan fingerprint density at radius 2 is 1.93 bits per heavy atom. The van der Waals surface area contributed by atoms with Gasteiger partial charge in [0.1, 0.15) is 11.9 Å². The van der Waals surface area contributed by atoms with Crippen molar-refractivity contribution in [2.45, 2.75) is 25.4 Å². The minimum atomic E-state index is -0.560. The maximum atomic E-state index is 12.3. The van der Waals surface area contributed by atoms with Gasteiger partial charge in [0.15, 0.2) is 11.1 Å². The van der Waals surface area contributed by atoms with Gasteiger partial charge in [0.2, 0.25) is 0 Å². The average molecular weight is 366 g/mol. The van der Waals surface area contributed by atoms with Crippen LogP contribution in [-0.2, 0) is 11.2 Å². The number of esters is 1. The lowest BCUT2D eigenvalue weighted by molar-refractivity contribution is 0.0466. The highest BCUT2D eigenvalue weighted by molar-refractivity contribution is 5.89. The number of rotatable bonds is 6. The van der Waals surface area contributed by atoms with E-state index in [1.807, 2.05) is 42.5 Å². The second-order valence-electron chi connectivity index (χ2n) is 6.56. The summed E-state index contributed by atoms with van der Waals surface area (Å²) in [5.41, 5.74) is 2.20. The summed E-state index contributed by atoms with van der Waals surface area (Å²) in [6, 6.07) is 15.3. The van der Waals surface area contributed by atoms with Crippen LogP contribution in [0.15, 0.2) is 52.9 Å². The van der Waals surface area contributed by atoms with E-state index < -0.39 is 5.97 Å². The molecule has 2 heterocycles. The summed E-state index contributed by atoms with van der Waals surface area (Å²) >= 11 is 0. The van der Waals surface area contributed by atoms with Gasteiger partial charge in [-0.25, -0.2) is 4.79 Å². The number of fused-ring (bicyclic) bond motifs is 1. The van der Waals surface area contributed by atoms with Crippen LogP contribution in [-0.4, -0.2) is 36.8 Å². The van der Waals surface area contributed by atoms with Gasteiger partial charge in [-0.15, -0.1) is 0 Å². The molecule has 1 aliphatic rings. The van der Waals surface area contributed by atoms with Crippen LogP contribution >= 0.6 is 0 Å². The molecule has 0 radical (unpaired) electrons. The average Bonchev–Trinajstić information content (AvgIpc) is 3.15. The molecule has 27 heavy (non-hydrogen) atoms. The molecule has 1 saturated heterocycles. The van der Waals surface area contributed by atoms with Crippen LogP contribution < -0.4 is 10.1 Å². The number of ether oxygens (including phenoxy) is 2. The Kier molecular flexibility index (Phi) is 5.34. The normalized spacial score (nSPS) is 15.0. The van der Waals surface area contributed by atoms with E-state index in [0.29, 0.717) is 23.3 Å². The molecule has 1 aliphatic heterocycles. The summed E-state index contributed by atoms with van der Waals surface area (Å²) in [4.78, 5) is 16.6. The number of nitrogens with zero attached hydrogens (tertiary/aromatic N) is 1. The molecule has 1 N–H and O–H groups in total. The Bertz CT molecular complexity index is 901. The summed E-state index contributed by atoms with van der Waals surface area (Å²) in [7, 11) is 0. The van der Waals surface area contributed by atoms with Crippen LogP contribution in [0, 0.1) is 0 Å². The van der Waals surface area contributed by atoms with Gasteiger partial charge in [0.05, 0.1) is 6.61 Å². The molecule has 2 aromatic carbocycles. The van der Waals surface area contributed by atoms with Crippen molar-refractivity contribution < 1.29 is 18.7 Å². The minimum absolute atomic E-state index is 0.0422. The largest absolute Gasteiger partial charge is 0.488 e.